The molecule has 1 heterocycles. The summed E-state index contributed by atoms with van der Waals surface area (Å²) in [6, 6.07) is 7.49. The van der Waals surface area contributed by atoms with Crippen LogP contribution in [0, 0.1) is 0 Å². The van der Waals surface area contributed by atoms with Gasteiger partial charge in [-0.15, -0.1) is 5.10 Å². The maximum absolute atomic E-state index is 11.8. The summed E-state index contributed by atoms with van der Waals surface area (Å²) in [5, 5.41) is 10.3. The first-order valence-electron chi connectivity index (χ1n) is 5.77. The Morgan fingerprint density at radius 1 is 1.47 bits per heavy atom. The number of nitrogens with one attached hydrogen (secondary N) is 2. The lowest BCUT2D eigenvalue weighted by Crippen LogP contribution is -2.14. The summed E-state index contributed by atoms with van der Waals surface area (Å²) in [6.07, 6.45) is 0.802. The van der Waals surface area contributed by atoms with Gasteiger partial charge in [-0.3, -0.25) is 9.89 Å². The Labute approximate surface area is 123 Å². The number of aromatic amines is 1. The third kappa shape index (κ3) is 4.07. The average Bonchev–Trinajstić information content (AvgIpc) is 2.87. The number of amides is 1. The molecule has 0 atom stereocenters. The highest BCUT2D eigenvalue weighted by Gasteiger charge is 2.08. The number of aryl methyl sites for hydroxylation is 1. The minimum absolute atomic E-state index is 0.0836. The summed E-state index contributed by atoms with van der Waals surface area (Å²) in [5.74, 6) is 1.02. The first-order chi connectivity index (χ1) is 9.19. The van der Waals surface area contributed by atoms with Gasteiger partial charge in [0, 0.05) is 10.9 Å². The van der Waals surface area contributed by atoms with Crippen molar-refractivity contribution < 1.29 is 4.79 Å². The van der Waals surface area contributed by atoms with Crippen molar-refractivity contribution in [2.24, 2.45) is 0 Å². The van der Waals surface area contributed by atoms with E-state index in [2.05, 4.69) is 36.4 Å². The molecule has 19 heavy (non-hydrogen) atoms. The highest BCUT2D eigenvalue weighted by molar-refractivity contribution is 9.10. The summed E-state index contributed by atoms with van der Waals surface area (Å²) in [6.45, 7) is 1.99. The van der Waals surface area contributed by atoms with Gasteiger partial charge in [0.05, 0.1) is 11.4 Å². The van der Waals surface area contributed by atoms with Crippen molar-refractivity contribution in [2.45, 2.75) is 18.5 Å². The molecule has 2 N–H and O–H groups in total. The van der Waals surface area contributed by atoms with Gasteiger partial charge in [-0.05, 0) is 28.1 Å². The van der Waals surface area contributed by atoms with Crippen LogP contribution in [-0.2, 0) is 11.2 Å². The van der Waals surface area contributed by atoms with Crippen molar-refractivity contribution in [3.8, 4) is 0 Å². The Hall–Kier alpha value is -1.34. The Morgan fingerprint density at radius 3 is 2.95 bits per heavy atom. The van der Waals surface area contributed by atoms with Crippen molar-refractivity contribution >= 4 is 39.3 Å². The van der Waals surface area contributed by atoms with Crippen molar-refractivity contribution in [2.75, 3.05) is 11.1 Å². The van der Waals surface area contributed by atoms with Gasteiger partial charge in [0.25, 0.3) is 0 Å². The first-order valence-corrected chi connectivity index (χ1v) is 7.55. The standard InChI is InChI=1S/C12H13BrN4OS/c1-2-10-15-12(17-16-10)19-7-11(18)14-9-6-4-3-5-8(9)13/h3-6H,2,7H2,1H3,(H,14,18)(H,15,16,17). The van der Waals surface area contributed by atoms with E-state index in [1.807, 2.05) is 31.2 Å². The average molecular weight is 341 g/mol. The zero-order valence-electron chi connectivity index (χ0n) is 10.3. The van der Waals surface area contributed by atoms with Crippen LogP contribution in [0.1, 0.15) is 12.7 Å². The second kappa shape index (κ2) is 6.72. The normalized spacial score (nSPS) is 10.4. The Bertz CT molecular complexity index is 572. The minimum Gasteiger partial charge on any atom is -0.324 e. The monoisotopic (exact) mass is 340 g/mol. The molecule has 2 aromatic rings. The number of benzene rings is 1. The zero-order chi connectivity index (χ0) is 13.7. The number of hydrogen-bond acceptors (Lipinski definition) is 4. The first kappa shape index (κ1) is 14.1. The maximum atomic E-state index is 11.8. The number of thioether (sulfide) groups is 1. The van der Waals surface area contributed by atoms with E-state index in [-0.39, 0.29) is 11.7 Å². The van der Waals surface area contributed by atoms with Gasteiger partial charge in [-0.1, -0.05) is 30.8 Å². The van der Waals surface area contributed by atoms with Gasteiger partial charge >= 0.3 is 0 Å². The maximum Gasteiger partial charge on any atom is 0.234 e. The molecule has 1 amide bonds. The highest BCUT2D eigenvalue weighted by Crippen LogP contribution is 2.21. The van der Waals surface area contributed by atoms with Crippen molar-refractivity contribution in [1.29, 1.82) is 0 Å². The van der Waals surface area contributed by atoms with E-state index in [4.69, 9.17) is 0 Å². The second-order valence-electron chi connectivity index (χ2n) is 3.73. The van der Waals surface area contributed by atoms with E-state index in [9.17, 15) is 4.79 Å². The van der Waals surface area contributed by atoms with Crippen molar-refractivity contribution in [3.05, 3.63) is 34.6 Å². The van der Waals surface area contributed by atoms with Crippen LogP contribution in [0.4, 0.5) is 5.69 Å². The number of nitrogens with zero attached hydrogens (tertiary/aromatic N) is 2. The van der Waals surface area contributed by atoms with Crippen LogP contribution < -0.4 is 5.32 Å². The summed E-state index contributed by atoms with van der Waals surface area (Å²) in [7, 11) is 0. The predicted molar refractivity (Wildman–Crippen MR) is 79.3 cm³/mol. The molecule has 2 rings (SSSR count). The molecule has 0 fully saturated rings. The molecule has 0 spiro atoms. The number of anilines is 1. The summed E-state index contributed by atoms with van der Waals surface area (Å²) in [5.41, 5.74) is 0.761. The van der Waals surface area contributed by atoms with Crippen LogP contribution >= 0.6 is 27.7 Å². The van der Waals surface area contributed by atoms with Crippen LogP contribution in [0.25, 0.3) is 0 Å². The number of rotatable bonds is 5. The topological polar surface area (TPSA) is 70.7 Å². The predicted octanol–water partition coefficient (Wildman–Crippen LogP) is 2.86. The highest BCUT2D eigenvalue weighted by atomic mass is 79.9. The fraction of sp³-hybridized carbons (Fsp3) is 0.250. The number of hydrogen-bond donors (Lipinski definition) is 2. The van der Waals surface area contributed by atoms with E-state index in [0.29, 0.717) is 5.16 Å². The van der Waals surface area contributed by atoms with Gasteiger partial charge in [0.2, 0.25) is 11.1 Å². The lowest BCUT2D eigenvalue weighted by molar-refractivity contribution is -0.113. The Kier molecular flexibility index (Phi) is 4.98. The molecule has 100 valence electrons. The molecule has 1 aromatic carbocycles. The quantitative estimate of drug-likeness (QED) is 0.821. The Balaban J connectivity index is 1.86. The van der Waals surface area contributed by atoms with Crippen LogP contribution in [-0.4, -0.2) is 26.8 Å². The number of halogens is 1. The van der Waals surface area contributed by atoms with E-state index in [1.54, 1.807) is 0 Å². The fourth-order valence-corrected chi connectivity index (χ4v) is 2.38. The van der Waals surface area contributed by atoms with E-state index >= 15 is 0 Å². The molecule has 7 heteroatoms. The van der Waals surface area contributed by atoms with Crippen molar-refractivity contribution in [1.82, 2.24) is 15.2 Å². The van der Waals surface area contributed by atoms with Crippen LogP contribution in [0.3, 0.4) is 0 Å². The number of para-hydroxylation sites is 1. The molecule has 0 saturated carbocycles. The molecule has 0 unspecified atom stereocenters. The smallest absolute Gasteiger partial charge is 0.234 e. The fourth-order valence-electron chi connectivity index (χ4n) is 1.38. The molecule has 0 radical (unpaired) electrons. The minimum atomic E-state index is -0.0836. The number of carbonyl (C=O) groups excluding carboxylic acids is 1. The molecule has 1 aromatic heterocycles. The van der Waals surface area contributed by atoms with Gasteiger partial charge in [0.1, 0.15) is 5.82 Å². The largest absolute Gasteiger partial charge is 0.324 e. The zero-order valence-corrected chi connectivity index (χ0v) is 12.7. The van der Waals surface area contributed by atoms with Crippen LogP contribution in [0.5, 0.6) is 0 Å². The van der Waals surface area contributed by atoms with Gasteiger partial charge in [-0.25, -0.2) is 4.98 Å². The number of aromatic nitrogens is 3. The second-order valence-corrected chi connectivity index (χ2v) is 5.53. The van der Waals surface area contributed by atoms with Crippen LogP contribution in [0.15, 0.2) is 33.9 Å². The van der Waals surface area contributed by atoms with Gasteiger partial charge < -0.3 is 5.32 Å². The number of H-pyrrole nitrogens is 1. The summed E-state index contributed by atoms with van der Waals surface area (Å²) < 4.78 is 0.861. The van der Waals surface area contributed by atoms with Gasteiger partial charge in [-0.2, -0.15) is 0 Å². The summed E-state index contributed by atoms with van der Waals surface area (Å²) >= 11 is 4.69. The van der Waals surface area contributed by atoms with E-state index in [0.717, 1.165) is 22.4 Å². The van der Waals surface area contributed by atoms with Crippen LogP contribution in [0.2, 0.25) is 0 Å². The molecule has 0 saturated heterocycles. The van der Waals surface area contributed by atoms with Gasteiger partial charge in [0.15, 0.2) is 0 Å². The molecule has 0 aliphatic carbocycles. The molecule has 0 bridgehead atoms. The third-order valence-electron chi connectivity index (χ3n) is 2.33. The van der Waals surface area contributed by atoms with E-state index < -0.39 is 0 Å². The summed E-state index contributed by atoms with van der Waals surface area (Å²) in [4.78, 5) is 16.0. The molecule has 0 aliphatic heterocycles. The lowest BCUT2D eigenvalue weighted by atomic mass is 10.3. The molecular weight excluding hydrogens is 328 g/mol. The molecule has 5 nitrogen and oxygen atoms in total. The number of carbonyl (C=O) groups is 1. The lowest BCUT2D eigenvalue weighted by Gasteiger charge is -2.05. The third-order valence-corrected chi connectivity index (χ3v) is 3.87. The molecule has 0 aliphatic rings. The SMILES string of the molecule is CCc1nc(SCC(=O)Nc2ccccc2Br)n[nH]1. The van der Waals surface area contributed by atoms with Crippen molar-refractivity contribution in [3.63, 3.8) is 0 Å². The Morgan fingerprint density at radius 2 is 2.26 bits per heavy atom. The van der Waals surface area contributed by atoms with E-state index in [1.165, 1.54) is 11.8 Å². The molecular formula is C12H13BrN4OS.